The maximum atomic E-state index is 11.2. The van der Waals surface area contributed by atoms with Crippen molar-refractivity contribution >= 4 is 5.91 Å². The molecule has 5 heteroatoms. The SMILES string of the molecule is C=CCNC(=O)CN(CCO)CCO. The molecule has 1 amide bonds. The largest absolute Gasteiger partial charge is 0.395 e. The molecule has 0 fully saturated rings. The maximum absolute atomic E-state index is 11.2. The van der Waals surface area contributed by atoms with Gasteiger partial charge in [-0.05, 0) is 0 Å². The van der Waals surface area contributed by atoms with E-state index in [1.165, 1.54) is 0 Å². The molecule has 0 aromatic carbocycles. The van der Waals surface area contributed by atoms with Crippen LogP contribution in [0.5, 0.6) is 0 Å². The van der Waals surface area contributed by atoms with Gasteiger partial charge in [0.1, 0.15) is 0 Å². The van der Waals surface area contributed by atoms with Crippen molar-refractivity contribution in [3.63, 3.8) is 0 Å². The first-order valence-corrected chi connectivity index (χ1v) is 4.56. The molecule has 0 bridgehead atoms. The van der Waals surface area contributed by atoms with Crippen LogP contribution in [-0.2, 0) is 4.79 Å². The van der Waals surface area contributed by atoms with Crippen LogP contribution in [0.15, 0.2) is 12.7 Å². The van der Waals surface area contributed by atoms with Gasteiger partial charge in [0.05, 0.1) is 19.8 Å². The second kappa shape index (κ2) is 8.68. The third kappa shape index (κ3) is 6.59. The molecule has 0 aliphatic rings. The number of aliphatic hydroxyl groups is 2. The number of amides is 1. The van der Waals surface area contributed by atoms with Crippen LogP contribution in [-0.4, -0.2) is 60.4 Å². The average Bonchev–Trinajstić information content (AvgIpc) is 2.15. The smallest absolute Gasteiger partial charge is 0.234 e. The second-order valence-corrected chi connectivity index (χ2v) is 2.82. The molecule has 0 rings (SSSR count). The van der Waals surface area contributed by atoms with Gasteiger partial charge in [0.25, 0.3) is 0 Å². The van der Waals surface area contributed by atoms with Crippen molar-refractivity contribution in [1.82, 2.24) is 10.2 Å². The van der Waals surface area contributed by atoms with Crippen LogP contribution in [0.3, 0.4) is 0 Å². The molecule has 0 atom stereocenters. The van der Waals surface area contributed by atoms with E-state index in [4.69, 9.17) is 10.2 Å². The second-order valence-electron chi connectivity index (χ2n) is 2.82. The van der Waals surface area contributed by atoms with Gasteiger partial charge in [-0.3, -0.25) is 9.69 Å². The number of nitrogens with one attached hydrogen (secondary N) is 1. The Labute approximate surface area is 84.0 Å². The number of hydrogen-bond acceptors (Lipinski definition) is 4. The van der Waals surface area contributed by atoms with Gasteiger partial charge in [-0.15, -0.1) is 6.58 Å². The number of rotatable bonds is 8. The molecule has 0 heterocycles. The third-order valence-electron chi connectivity index (χ3n) is 1.64. The topological polar surface area (TPSA) is 72.8 Å². The van der Waals surface area contributed by atoms with Gasteiger partial charge >= 0.3 is 0 Å². The van der Waals surface area contributed by atoms with Gasteiger partial charge < -0.3 is 15.5 Å². The van der Waals surface area contributed by atoms with E-state index >= 15 is 0 Å². The Kier molecular flexibility index (Phi) is 8.11. The van der Waals surface area contributed by atoms with Crippen LogP contribution in [0.25, 0.3) is 0 Å². The van der Waals surface area contributed by atoms with Crippen molar-refractivity contribution in [2.45, 2.75) is 0 Å². The van der Waals surface area contributed by atoms with Crippen LogP contribution in [0.2, 0.25) is 0 Å². The van der Waals surface area contributed by atoms with E-state index in [0.717, 1.165) is 0 Å². The van der Waals surface area contributed by atoms with Crippen molar-refractivity contribution in [3.8, 4) is 0 Å². The van der Waals surface area contributed by atoms with Gasteiger partial charge in [0, 0.05) is 19.6 Å². The zero-order valence-electron chi connectivity index (χ0n) is 8.28. The van der Waals surface area contributed by atoms with E-state index in [9.17, 15) is 4.79 Å². The van der Waals surface area contributed by atoms with Crippen LogP contribution < -0.4 is 5.32 Å². The lowest BCUT2D eigenvalue weighted by Crippen LogP contribution is -2.40. The van der Waals surface area contributed by atoms with Crippen molar-refractivity contribution in [2.24, 2.45) is 0 Å². The van der Waals surface area contributed by atoms with Crippen molar-refractivity contribution in [1.29, 1.82) is 0 Å². The third-order valence-corrected chi connectivity index (χ3v) is 1.64. The van der Waals surface area contributed by atoms with E-state index in [0.29, 0.717) is 19.6 Å². The summed E-state index contributed by atoms with van der Waals surface area (Å²) in [6, 6.07) is 0. The summed E-state index contributed by atoms with van der Waals surface area (Å²) in [5, 5.41) is 20.0. The number of hydrogen-bond donors (Lipinski definition) is 3. The fourth-order valence-electron chi connectivity index (χ4n) is 0.998. The molecule has 5 nitrogen and oxygen atoms in total. The summed E-state index contributed by atoms with van der Waals surface area (Å²) in [6.07, 6.45) is 1.60. The Balaban J connectivity index is 3.76. The van der Waals surface area contributed by atoms with Gasteiger partial charge in [-0.25, -0.2) is 0 Å². The van der Waals surface area contributed by atoms with Gasteiger partial charge in [-0.2, -0.15) is 0 Å². The number of aliphatic hydroxyl groups excluding tert-OH is 2. The Bertz CT molecular complexity index is 167. The predicted octanol–water partition coefficient (Wildman–Crippen LogP) is -1.42. The molecule has 0 radical (unpaired) electrons. The molecule has 0 saturated carbocycles. The lowest BCUT2D eigenvalue weighted by atomic mass is 10.4. The van der Waals surface area contributed by atoms with Gasteiger partial charge in [-0.1, -0.05) is 6.08 Å². The molecule has 0 aliphatic heterocycles. The average molecular weight is 202 g/mol. The van der Waals surface area contributed by atoms with E-state index in [-0.39, 0.29) is 25.7 Å². The van der Waals surface area contributed by atoms with Gasteiger partial charge in [0.2, 0.25) is 5.91 Å². The van der Waals surface area contributed by atoms with E-state index in [1.54, 1.807) is 11.0 Å². The Morgan fingerprint density at radius 1 is 1.36 bits per heavy atom. The minimum absolute atomic E-state index is 0.0191. The summed E-state index contributed by atoms with van der Waals surface area (Å²) >= 11 is 0. The quantitative estimate of drug-likeness (QED) is 0.422. The Morgan fingerprint density at radius 3 is 2.36 bits per heavy atom. The number of carbonyl (C=O) groups is 1. The van der Waals surface area contributed by atoms with E-state index < -0.39 is 0 Å². The molecule has 3 N–H and O–H groups in total. The fraction of sp³-hybridized carbons (Fsp3) is 0.667. The monoisotopic (exact) mass is 202 g/mol. The molecule has 0 aromatic rings. The van der Waals surface area contributed by atoms with Crippen molar-refractivity contribution in [3.05, 3.63) is 12.7 Å². The van der Waals surface area contributed by atoms with Gasteiger partial charge in [0.15, 0.2) is 0 Å². The summed E-state index contributed by atoms with van der Waals surface area (Å²) in [5.74, 6) is -0.133. The Hall–Kier alpha value is -0.910. The summed E-state index contributed by atoms with van der Waals surface area (Å²) in [7, 11) is 0. The zero-order chi connectivity index (χ0) is 10.8. The lowest BCUT2D eigenvalue weighted by Gasteiger charge is -2.18. The lowest BCUT2D eigenvalue weighted by molar-refractivity contribution is -0.122. The minimum atomic E-state index is -0.133. The Morgan fingerprint density at radius 2 is 1.93 bits per heavy atom. The first-order valence-electron chi connectivity index (χ1n) is 4.56. The summed E-state index contributed by atoms with van der Waals surface area (Å²) in [4.78, 5) is 12.9. The standard InChI is InChI=1S/C9H18N2O3/c1-2-3-10-9(14)8-11(4-6-12)5-7-13/h2,12-13H,1,3-8H2,(H,10,14). The van der Waals surface area contributed by atoms with Crippen LogP contribution >= 0.6 is 0 Å². The summed E-state index contributed by atoms with van der Waals surface area (Å²) < 4.78 is 0. The molecule has 0 saturated heterocycles. The molecule has 0 unspecified atom stereocenters. The number of nitrogens with zero attached hydrogens (tertiary/aromatic N) is 1. The van der Waals surface area contributed by atoms with Crippen LogP contribution in [0.4, 0.5) is 0 Å². The predicted molar refractivity (Wildman–Crippen MR) is 53.8 cm³/mol. The highest BCUT2D eigenvalue weighted by molar-refractivity contribution is 5.78. The van der Waals surface area contributed by atoms with Crippen molar-refractivity contribution < 1.29 is 15.0 Å². The maximum Gasteiger partial charge on any atom is 0.234 e. The molecular weight excluding hydrogens is 184 g/mol. The minimum Gasteiger partial charge on any atom is -0.395 e. The van der Waals surface area contributed by atoms with E-state index in [2.05, 4.69) is 11.9 Å². The van der Waals surface area contributed by atoms with Crippen LogP contribution in [0.1, 0.15) is 0 Å². The first kappa shape index (κ1) is 13.1. The molecular formula is C9H18N2O3. The van der Waals surface area contributed by atoms with Crippen molar-refractivity contribution in [2.75, 3.05) is 39.4 Å². The molecule has 14 heavy (non-hydrogen) atoms. The molecule has 82 valence electrons. The highest BCUT2D eigenvalue weighted by Crippen LogP contribution is 1.86. The highest BCUT2D eigenvalue weighted by atomic mass is 16.3. The molecule has 0 spiro atoms. The zero-order valence-corrected chi connectivity index (χ0v) is 8.28. The first-order chi connectivity index (χ1) is 6.74. The molecule has 0 aliphatic carbocycles. The normalized spacial score (nSPS) is 10.2. The fourth-order valence-corrected chi connectivity index (χ4v) is 0.998. The van der Waals surface area contributed by atoms with Crippen LogP contribution in [0, 0.1) is 0 Å². The highest BCUT2D eigenvalue weighted by Gasteiger charge is 2.08. The number of carbonyl (C=O) groups excluding carboxylic acids is 1. The summed E-state index contributed by atoms with van der Waals surface area (Å²) in [5.41, 5.74) is 0. The van der Waals surface area contributed by atoms with E-state index in [1.807, 2.05) is 0 Å². The molecule has 0 aromatic heterocycles. The summed E-state index contributed by atoms with van der Waals surface area (Å²) in [6.45, 7) is 4.84.